The van der Waals surface area contributed by atoms with Crippen molar-refractivity contribution in [1.82, 2.24) is 0 Å². The van der Waals surface area contributed by atoms with Gasteiger partial charge in [-0.25, -0.2) is 0 Å². The van der Waals surface area contributed by atoms with Gasteiger partial charge in [-0.1, -0.05) is 20.8 Å². The van der Waals surface area contributed by atoms with Gasteiger partial charge in [0.15, 0.2) is 0 Å². The van der Waals surface area contributed by atoms with Crippen LogP contribution >= 0.6 is 0 Å². The minimum atomic E-state index is 0.460. The van der Waals surface area contributed by atoms with E-state index in [1.54, 1.807) is 5.56 Å². The number of hydrogen-bond donors (Lipinski definition) is 1. The Bertz CT molecular complexity index is 416. The summed E-state index contributed by atoms with van der Waals surface area (Å²) in [5.74, 6) is 3.32. The number of rotatable bonds is 1. The van der Waals surface area contributed by atoms with E-state index >= 15 is 0 Å². The van der Waals surface area contributed by atoms with Gasteiger partial charge in [-0.15, -0.1) is 0 Å². The lowest BCUT2D eigenvalue weighted by molar-refractivity contribution is 0.469. The van der Waals surface area contributed by atoms with Crippen LogP contribution in [0.1, 0.15) is 68.1 Å². The summed E-state index contributed by atoms with van der Waals surface area (Å²) in [7, 11) is 0. The molecule has 1 aromatic carbocycles. The molecule has 1 aromatic rings. The maximum atomic E-state index is 9.84. The van der Waals surface area contributed by atoms with Crippen molar-refractivity contribution >= 4 is 0 Å². The van der Waals surface area contributed by atoms with Crippen molar-refractivity contribution in [2.75, 3.05) is 0 Å². The highest BCUT2D eigenvalue weighted by atomic mass is 16.3. The van der Waals surface area contributed by atoms with Gasteiger partial charge < -0.3 is 5.11 Å². The van der Waals surface area contributed by atoms with E-state index in [-0.39, 0.29) is 0 Å². The molecule has 1 saturated carbocycles. The molecule has 0 spiro atoms. The quantitative estimate of drug-likeness (QED) is 0.748. The van der Waals surface area contributed by atoms with Crippen molar-refractivity contribution in [1.29, 1.82) is 0 Å². The van der Waals surface area contributed by atoms with Crippen LogP contribution in [0.5, 0.6) is 5.75 Å². The number of phenols is 1. The van der Waals surface area contributed by atoms with E-state index in [2.05, 4.69) is 20.8 Å². The molecule has 16 heavy (non-hydrogen) atoms. The minimum absolute atomic E-state index is 0.460. The smallest absolute Gasteiger partial charge is 0.116 e. The second kappa shape index (κ2) is 3.26. The van der Waals surface area contributed by atoms with Crippen molar-refractivity contribution in [3.8, 4) is 5.75 Å². The van der Waals surface area contributed by atoms with Gasteiger partial charge in [0.2, 0.25) is 0 Å². The first-order chi connectivity index (χ1) is 7.58. The van der Waals surface area contributed by atoms with Crippen molar-refractivity contribution in [3.05, 3.63) is 28.8 Å². The number of phenolic OH excluding ortho intramolecular Hbond substituents is 1. The van der Waals surface area contributed by atoms with E-state index in [4.69, 9.17) is 0 Å². The Kier molecular flexibility index (Phi) is 2.07. The Hall–Kier alpha value is -0.980. The fourth-order valence-corrected chi connectivity index (χ4v) is 3.50. The highest BCUT2D eigenvalue weighted by Crippen LogP contribution is 2.59. The van der Waals surface area contributed by atoms with Gasteiger partial charge >= 0.3 is 0 Å². The van der Waals surface area contributed by atoms with Crippen LogP contribution in [0.2, 0.25) is 0 Å². The van der Waals surface area contributed by atoms with Crippen LogP contribution < -0.4 is 0 Å². The number of hydrogen-bond acceptors (Lipinski definition) is 1. The molecule has 2 aliphatic carbocycles. The third kappa shape index (κ3) is 1.37. The van der Waals surface area contributed by atoms with Gasteiger partial charge in [-0.3, -0.25) is 0 Å². The first kappa shape index (κ1) is 10.2. The molecular formula is C15H20O. The zero-order valence-corrected chi connectivity index (χ0v) is 10.3. The lowest BCUT2D eigenvalue weighted by atomic mass is 9.78. The predicted molar refractivity (Wildman–Crippen MR) is 66.1 cm³/mol. The molecule has 1 nitrogen and oxygen atoms in total. The van der Waals surface area contributed by atoms with E-state index in [0.717, 1.165) is 11.8 Å². The van der Waals surface area contributed by atoms with Crippen LogP contribution in [0, 0.1) is 5.92 Å². The van der Waals surface area contributed by atoms with E-state index in [9.17, 15) is 5.11 Å². The Balaban J connectivity index is 2.20. The summed E-state index contributed by atoms with van der Waals surface area (Å²) in [6.07, 6.45) is 2.69. The highest BCUT2D eigenvalue weighted by Gasteiger charge is 2.45. The third-order valence-electron chi connectivity index (χ3n) is 4.32. The SMILES string of the molecule is CC(C)c1cc(O)cc2c1C(C)CC1CC21. The van der Waals surface area contributed by atoms with Gasteiger partial charge in [0.1, 0.15) is 5.75 Å². The molecular weight excluding hydrogens is 196 g/mol. The fourth-order valence-electron chi connectivity index (χ4n) is 3.50. The Morgan fingerprint density at radius 2 is 2.00 bits per heavy atom. The summed E-state index contributed by atoms with van der Waals surface area (Å²) in [5, 5.41) is 9.84. The van der Waals surface area contributed by atoms with Gasteiger partial charge in [-0.2, -0.15) is 0 Å². The number of aromatic hydroxyl groups is 1. The topological polar surface area (TPSA) is 20.2 Å². The zero-order chi connectivity index (χ0) is 11.4. The molecule has 1 heteroatoms. The molecule has 2 aliphatic rings. The molecule has 0 amide bonds. The van der Waals surface area contributed by atoms with Crippen molar-refractivity contribution in [2.24, 2.45) is 5.92 Å². The summed E-state index contributed by atoms with van der Waals surface area (Å²) < 4.78 is 0. The standard InChI is InChI=1S/C15H20O/c1-8(2)12-6-11(16)7-14-13-5-10(13)4-9(3)15(12)14/h6-10,13,16H,4-5H2,1-3H3. The summed E-state index contributed by atoms with van der Waals surface area (Å²) >= 11 is 0. The third-order valence-corrected chi connectivity index (χ3v) is 4.32. The molecule has 0 aromatic heterocycles. The minimum Gasteiger partial charge on any atom is -0.508 e. The van der Waals surface area contributed by atoms with Crippen LogP contribution in [0.25, 0.3) is 0 Å². The monoisotopic (exact) mass is 216 g/mol. The molecule has 3 unspecified atom stereocenters. The molecule has 0 aliphatic heterocycles. The molecule has 3 rings (SSSR count). The first-order valence-corrected chi connectivity index (χ1v) is 6.44. The van der Waals surface area contributed by atoms with Crippen LogP contribution in [0.4, 0.5) is 0 Å². The van der Waals surface area contributed by atoms with Crippen molar-refractivity contribution < 1.29 is 5.11 Å². The van der Waals surface area contributed by atoms with Crippen LogP contribution in [-0.2, 0) is 0 Å². The van der Waals surface area contributed by atoms with E-state index < -0.39 is 0 Å². The second-order valence-electron chi connectivity index (χ2n) is 5.93. The summed E-state index contributed by atoms with van der Waals surface area (Å²) in [6.45, 7) is 6.79. The maximum absolute atomic E-state index is 9.84. The lowest BCUT2D eigenvalue weighted by Crippen LogP contribution is -2.10. The van der Waals surface area contributed by atoms with Gasteiger partial charge in [0, 0.05) is 0 Å². The van der Waals surface area contributed by atoms with E-state index in [0.29, 0.717) is 17.6 Å². The van der Waals surface area contributed by atoms with Crippen molar-refractivity contribution in [2.45, 2.75) is 51.4 Å². The summed E-state index contributed by atoms with van der Waals surface area (Å²) in [4.78, 5) is 0. The molecule has 3 atom stereocenters. The molecule has 0 heterocycles. The number of benzene rings is 1. The maximum Gasteiger partial charge on any atom is 0.116 e. The Morgan fingerprint density at radius 3 is 2.69 bits per heavy atom. The fraction of sp³-hybridized carbons (Fsp3) is 0.600. The molecule has 1 N–H and O–H groups in total. The molecule has 0 radical (unpaired) electrons. The van der Waals surface area contributed by atoms with Crippen LogP contribution in [0.3, 0.4) is 0 Å². The van der Waals surface area contributed by atoms with Gasteiger partial charge in [0.25, 0.3) is 0 Å². The van der Waals surface area contributed by atoms with Crippen LogP contribution in [0.15, 0.2) is 12.1 Å². The number of fused-ring (bicyclic) bond motifs is 3. The van der Waals surface area contributed by atoms with Gasteiger partial charge in [0.05, 0.1) is 0 Å². The summed E-state index contributed by atoms with van der Waals surface area (Å²) in [6, 6.07) is 3.99. The lowest BCUT2D eigenvalue weighted by Gasteiger charge is -2.27. The average Bonchev–Trinajstić information content (AvgIpc) is 2.95. The average molecular weight is 216 g/mol. The second-order valence-corrected chi connectivity index (χ2v) is 5.93. The zero-order valence-electron chi connectivity index (χ0n) is 10.3. The van der Waals surface area contributed by atoms with E-state index in [1.165, 1.54) is 24.0 Å². The van der Waals surface area contributed by atoms with E-state index in [1.807, 2.05) is 12.1 Å². The molecule has 0 saturated heterocycles. The molecule has 0 bridgehead atoms. The Morgan fingerprint density at radius 1 is 1.25 bits per heavy atom. The van der Waals surface area contributed by atoms with Crippen LogP contribution in [-0.4, -0.2) is 5.11 Å². The Labute approximate surface area is 97.5 Å². The summed E-state index contributed by atoms with van der Waals surface area (Å²) in [5.41, 5.74) is 4.37. The normalized spacial score (nSPS) is 31.1. The largest absolute Gasteiger partial charge is 0.508 e. The first-order valence-electron chi connectivity index (χ1n) is 6.44. The molecule has 1 fully saturated rings. The van der Waals surface area contributed by atoms with Crippen molar-refractivity contribution in [3.63, 3.8) is 0 Å². The predicted octanol–water partition coefficient (Wildman–Crippen LogP) is 4.13. The highest BCUT2D eigenvalue weighted by molar-refractivity contribution is 5.50. The molecule has 86 valence electrons. The van der Waals surface area contributed by atoms with Gasteiger partial charge in [-0.05, 0) is 65.3 Å².